The minimum Gasteiger partial charge on any atom is -0.497 e. The van der Waals surface area contributed by atoms with E-state index in [-0.39, 0.29) is 18.3 Å². The highest BCUT2D eigenvalue weighted by Gasteiger charge is 2.35. The average molecular weight is 285 g/mol. The standard InChI is InChI=1S/C14H20N2O2.ClH/c1-18-12-7-5-11(6-8-12)16-13(17)14(15)9-3-2-4-10-14;/h5-8H,2-4,9-10,15H2,1H3,(H,16,17);1H. The molecule has 0 atom stereocenters. The predicted molar refractivity (Wildman–Crippen MR) is 78.9 cm³/mol. The van der Waals surface area contributed by atoms with Gasteiger partial charge in [0, 0.05) is 5.69 Å². The quantitative estimate of drug-likeness (QED) is 0.897. The van der Waals surface area contributed by atoms with Crippen LogP contribution >= 0.6 is 12.4 Å². The van der Waals surface area contributed by atoms with Crippen LogP contribution in [0.1, 0.15) is 32.1 Å². The van der Waals surface area contributed by atoms with Crippen LogP contribution in [0.2, 0.25) is 0 Å². The molecular formula is C14H21ClN2O2. The van der Waals surface area contributed by atoms with E-state index in [1.54, 1.807) is 7.11 Å². The van der Waals surface area contributed by atoms with Gasteiger partial charge in [-0.2, -0.15) is 0 Å². The van der Waals surface area contributed by atoms with Crippen LogP contribution in [0, 0.1) is 0 Å². The smallest absolute Gasteiger partial charge is 0.244 e. The molecule has 1 aromatic rings. The third kappa shape index (κ3) is 3.85. The van der Waals surface area contributed by atoms with Gasteiger partial charge in [-0.25, -0.2) is 0 Å². The number of nitrogens with two attached hydrogens (primary N) is 1. The SMILES string of the molecule is COc1ccc(NC(=O)C2(N)CCCCC2)cc1.Cl. The van der Waals surface area contributed by atoms with Gasteiger partial charge in [-0.15, -0.1) is 12.4 Å². The van der Waals surface area contributed by atoms with Gasteiger partial charge in [-0.3, -0.25) is 4.79 Å². The Morgan fingerprint density at radius 2 is 1.79 bits per heavy atom. The normalized spacial score (nSPS) is 17.2. The fraction of sp³-hybridized carbons (Fsp3) is 0.500. The molecule has 1 aliphatic rings. The molecule has 0 radical (unpaired) electrons. The molecule has 3 N–H and O–H groups in total. The number of amides is 1. The van der Waals surface area contributed by atoms with E-state index in [0.29, 0.717) is 0 Å². The molecule has 0 aliphatic heterocycles. The molecule has 0 bridgehead atoms. The molecule has 0 aromatic heterocycles. The van der Waals surface area contributed by atoms with Crippen LogP contribution in [0.5, 0.6) is 5.75 Å². The van der Waals surface area contributed by atoms with Crippen molar-refractivity contribution in [1.29, 1.82) is 0 Å². The van der Waals surface area contributed by atoms with Gasteiger partial charge in [0.1, 0.15) is 5.75 Å². The Hall–Kier alpha value is -1.26. The van der Waals surface area contributed by atoms with Crippen molar-refractivity contribution < 1.29 is 9.53 Å². The number of methoxy groups -OCH3 is 1. The zero-order valence-corrected chi connectivity index (χ0v) is 12.0. The van der Waals surface area contributed by atoms with Gasteiger partial charge < -0.3 is 15.8 Å². The number of halogens is 1. The minimum atomic E-state index is -0.696. The predicted octanol–water partition coefficient (Wildman–Crippen LogP) is 2.72. The summed E-state index contributed by atoms with van der Waals surface area (Å²) in [4.78, 5) is 12.2. The first-order valence-corrected chi connectivity index (χ1v) is 6.38. The summed E-state index contributed by atoms with van der Waals surface area (Å²) in [6.45, 7) is 0. The molecule has 0 saturated heterocycles. The second-order valence-electron chi connectivity index (χ2n) is 4.90. The lowest BCUT2D eigenvalue weighted by atomic mass is 9.82. The molecule has 0 spiro atoms. The highest BCUT2D eigenvalue weighted by Crippen LogP contribution is 2.27. The zero-order chi connectivity index (χ0) is 13.0. The fourth-order valence-electron chi connectivity index (χ4n) is 2.34. The van der Waals surface area contributed by atoms with E-state index in [9.17, 15) is 4.79 Å². The highest BCUT2D eigenvalue weighted by atomic mass is 35.5. The molecule has 1 aliphatic carbocycles. The van der Waals surface area contributed by atoms with Crippen molar-refractivity contribution in [3.63, 3.8) is 0 Å². The van der Waals surface area contributed by atoms with Crippen molar-refractivity contribution in [2.45, 2.75) is 37.6 Å². The molecular weight excluding hydrogens is 264 g/mol. The van der Waals surface area contributed by atoms with Gasteiger partial charge >= 0.3 is 0 Å². The molecule has 1 amide bonds. The summed E-state index contributed by atoms with van der Waals surface area (Å²) in [6.07, 6.45) is 4.79. The summed E-state index contributed by atoms with van der Waals surface area (Å²) in [7, 11) is 1.62. The lowest BCUT2D eigenvalue weighted by molar-refractivity contribution is -0.122. The lowest BCUT2D eigenvalue weighted by Gasteiger charge is -2.31. The average Bonchev–Trinajstić information content (AvgIpc) is 2.40. The number of carbonyl (C=O) groups excluding carboxylic acids is 1. The van der Waals surface area contributed by atoms with Crippen molar-refractivity contribution in [2.24, 2.45) is 5.73 Å². The topological polar surface area (TPSA) is 64.3 Å². The van der Waals surface area contributed by atoms with Crippen molar-refractivity contribution in [3.05, 3.63) is 24.3 Å². The second-order valence-corrected chi connectivity index (χ2v) is 4.90. The summed E-state index contributed by atoms with van der Waals surface area (Å²) in [5.41, 5.74) is 6.23. The van der Waals surface area contributed by atoms with E-state index in [1.807, 2.05) is 24.3 Å². The van der Waals surface area contributed by atoms with Gasteiger partial charge in [0.05, 0.1) is 12.6 Å². The number of benzene rings is 1. The van der Waals surface area contributed by atoms with Crippen LogP contribution in [-0.2, 0) is 4.79 Å². The molecule has 106 valence electrons. The summed E-state index contributed by atoms with van der Waals surface area (Å²) >= 11 is 0. The first kappa shape index (κ1) is 15.8. The molecule has 0 heterocycles. The van der Waals surface area contributed by atoms with Crippen molar-refractivity contribution in [2.75, 3.05) is 12.4 Å². The Kier molecular flexibility index (Phi) is 5.63. The van der Waals surface area contributed by atoms with E-state index in [4.69, 9.17) is 10.5 Å². The number of hydrogen-bond donors (Lipinski definition) is 2. The van der Waals surface area contributed by atoms with Crippen LogP contribution in [0.25, 0.3) is 0 Å². The van der Waals surface area contributed by atoms with Crippen molar-refractivity contribution in [3.8, 4) is 5.75 Å². The first-order valence-electron chi connectivity index (χ1n) is 6.38. The van der Waals surface area contributed by atoms with Crippen LogP contribution in [0.3, 0.4) is 0 Å². The van der Waals surface area contributed by atoms with Crippen molar-refractivity contribution >= 4 is 24.0 Å². The molecule has 5 heteroatoms. The van der Waals surface area contributed by atoms with E-state index in [2.05, 4.69) is 5.32 Å². The van der Waals surface area contributed by atoms with Gasteiger partial charge in [0.15, 0.2) is 0 Å². The summed E-state index contributed by atoms with van der Waals surface area (Å²) < 4.78 is 5.07. The molecule has 1 fully saturated rings. The van der Waals surface area contributed by atoms with E-state index >= 15 is 0 Å². The molecule has 4 nitrogen and oxygen atoms in total. The van der Waals surface area contributed by atoms with E-state index in [0.717, 1.165) is 37.1 Å². The maximum Gasteiger partial charge on any atom is 0.244 e. The van der Waals surface area contributed by atoms with Gasteiger partial charge in [-0.1, -0.05) is 19.3 Å². The lowest BCUT2D eigenvalue weighted by Crippen LogP contribution is -2.52. The van der Waals surface area contributed by atoms with Gasteiger partial charge in [0.25, 0.3) is 0 Å². The Balaban J connectivity index is 0.00000180. The third-order valence-electron chi connectivity index (χ3n) is 3.55. The Morgan fingerprint density at radius 3 is 2.32 bits per heavy atom. The molecule has 2 rings (SSSR count). The summed E-state index contributed by atoms with van der Waals surface area (Å²) in [5, 5.41) is 2.88. The number of rotatable bonds is 3. The second kappa shape index (κ2) is 6.78. The van der Waals surface area contributed by atoms with Crippen LogP contribution in [0.4, 0.5) is 5.69 Å². The van der Waals surface area contributed by atoms with Crippen LogP contribution < -0.4 is 15.8 Å². The van der Waals surface area contributed by atoms with Crippen molar-refractivity contribution in [1.82, 2.24) is 0 Å². The number of hydrogen-bond acceptors (Lipinski definition) is 3. The fourth-order valence-corrected chi connectivity index (χ4v) is 2.34. The molecule has 1 saturated carbocycles. The zero-order valence-electron chi connectivity index (χ0n) is 11.1. The third-order valence-corrected chi connectivity index (χ3v) is 3.55. The van der Waals surface area contributed by atoms with Crippen LogP contribution in [-0.4, -0.2) is 18.6 Å². The van der Waals surface area contributed by atoms with Gasteiger partial charge in [-0.05, 0) is 37.1 Å². The Labute approximate surface area is 120 Å². The highest BCUT2D eigenvalue weighted by molar-refractivity contribution is 5.98. The van der Waals surface area contributed by atoms with E-state index < -0.39 is 5.54 Å². The monoisotopic (exact) mass is 284 g/mol. The molecule has 1 aromatic carbocycles. The Morgan fingerprint density at radius 1 is 1.21 bits per heavy atom. The minimum absolute atomic E-state index is 0. The first-order chi connectivity index (χ1) is 8.64. The molecule has 19 heavy (non-hydrogen) atoms. The maximum absolute atomic E-state index is 12.2. The molecule has 0 unspecified atom stereocenters. The number of anilines is 1. The van der Waals surface area contributed by atoms with Crippen LogP contribution in [0.15, 0.2) is 24.3 Å². The summed E-state index contributed by atoms with van der Waals surface area (Å²) in [5.74, 6) is 0.695. The largest absolute Gasteiger partial charge is 0.497 e. The Bertz CT molecular complexity index is 414. The maximum atomic E-state index is 12.2. The summed E-state index contributed by atoms with van der Waals surface area (Å²) in [6, 6.07) is 7.28. The number of nitrogens with one attached hydrogen (secondary N) is 1. The van der Waals surface area contributed by atoms with E-state index in [1.165, 1.54) is 6.42 Å². The van der Waals surface area contributed by atoms with Gasteiger partial charge in [0.2, 0.25) is 5.91 Å². The number of carbonyl (C=O) groups is 1. The number of ether oxygens (including phenoxy) is 1.